The number of hydrogen-bond donors (Lipinski definition) is 1. The highest BCUT2D eigenvalue weighted by molar-refractivity contribution is 4.86. The van der Waals surface area contributed by atoms with Crippen molar-refractivity contribution in [1.82, 2.24) is 10.2 Å². The molecule has 1 aliphatic rings. The van der Waals surface area contributed by atoms with Crippen LogP contribution in [0.2, 0.25) is 0 Å². The maximum atomic E-state index is 8.48. The van der Waals surface area contributed by atoms with E-state index in [1.165, 1.54) is 6.42 Å². The molecule has 0 spiro atoms. The van der Waals surface area contributed by atoms with Crippen LogP contribution < -0.4 is 5.32 Å². The van der Waals surface area contributed by atoms with E-state index in [0.717, 1.165) is 13.1 Å². The number of nitrogens with one attached hydrogen (secondary N) is 1. The Morgan fingerprint density at radius 3 is 3.00 bits per heavy atom. The number of likely N-dealkylation sites (tertiary alicyclic amines) is 1. The van der Waals surface area contributed by atoms with Gasteiger partial charge in [0, 0.05) is 25.2 Å². The maximum Gasteiger partial charge on any atom is 0.0866 e. The lowest BCUT2D eigenvalue weighted by Crippen LogP contribution is -2.37. The van der Waals surface area contributed by atoms with Gasteiger partial charge in [0.2, 0.25) is 0 Å². The van der Waals surface area contributed by atoms with Gasteiger partial charge in [-0.25, -0.2) is 0 Å². The summed E-state index contributed by atoms with van der Waals surface area (Å²) in [7, 11) is 0. The molecule has 1 aliphatic heterocycles. The fourth-order valence-electron chi connectivity index (χ4n) is 1.68. The van der Waals surface area contributed by atoms with Crippen molar-refractivity contribution in [3.8, 4) is 6.07 Å². The minimum absolute atomic E-state index is 0.553. The second-order valence-corrected chi connectivity index (χ2v) is 3.70. The van der Waals surface area contributed by atoms with Crippen LogP contribution in [0.25, 0.3) is 0 Å². The highest BCUT2D eigenvalue weighted by Crippen LogP contribution is 2.08. The minimum atomic E-state index is 0.553. The summed E-state index contributed by atoms with van der Waals surface area (Å²) in [5, 5.41) is 12.0. The lowest BCUT2D eigenvalue weighted by molar-refractivity contribution is 0.360. The topological polar surface area (TPSA) is 39.1 Å². The minimum Gasteiger partial charge on any atom is -0.310 e. The summed E-state index contributed by atoms with van der Waals surface area (Å²) in [6, 6.07) is 3.33. The SMILES string of the molecule is CC(C)NC1CCN(CC#N)C1. The molecular formula is C9H17N3. The molecular weight excluding hydrogens is 150 g/mol. The molecule has 0 aromatic carbocycles. The van der Waals surface area contributed by atoms with Crippen molar-refractivity contribution in [2.24, 2.45) is 0 Å². The molecule has 1 fully saturated rings. The Kier molecular flexibility index (Phi) is 3.51. The monoisotopic (exact) mass is 167 g/mol. The molecule has 0 aromatic rings. The average Bonchev–Trinajstić information content (AvgIpc) is 2.36. The van der Waals surface area contributed by atoms with Crippen LogP contribution in [0, 0.1) is 11.3 Å². The molecule has 1 rings (SSSR count). The summed E-state index contributed by atoms with van der Waals surface area (Å²) in [5.41, 5.74) is 0. The van der Waals surface area contributed by atoms with Crippen LogP contribution in [-0.2, 0) is 0 Å². The molecule has 3 nitrogen and oxygen atoms in total. The molecule has 0 amide bonds. The fourth-order valence-corrected chi connectivity index (χ4v) is 1.68. The van der Waals surface area contributed by atoms with E-state index in [0.29, 0.717) is 18.6 Å². The zero-order chi connectivity index (χ0) is 8.97. The first-order valence-electron chi connectivity index (χ1n) is 4.57. The molecule has 0 aliphatic carbocycles. The predicted octanol–water partition coefficient (Wildman–Crippen LogP) is 0.582. The average molecular weight is 167 g/mol. The molecule has 1 atom stereocenters. The van der Waals surface area contributed by atoms with Gasteiger partial charge < -0.3 is 5.32 Å². The van der Waals surface area contributed by atoms with Gasteiger partial charge in [0.25, 0.3) is 0 Å². The summed E-state index contributed by atoms with van der Waals surface area (Å²) >= 11 is 0. The molecule has 0 bridgehead atoms. The van der Waals surface area contributed by atoms with Gasteiger partial charge in [-0.3, -0.25) is 4.90 Å². The van der Waals surface area contributed by atoms with Crippen molar-refractivity contribution in [2.75, 3.05) is 19.6 Å². The van der Waals surface area contributed by atoms with E-state index in [1.54, 1.807) is 0 Å². The third-order valence-corrected chi connectivity index (χ3v) is 2.14. The quantitative estimate of drug-likeness (QED) is 0.625. The van der Waals surface area contributed by atoms with Crippen LogP contribution in [0.1, 0.15) is 20.3 Å². The van der Waals surface area contributed by atoms with Gasteiger partial charge >= 0.3 is 0 Å². The Morgan fingerprint density at radius 1 is 1.67 bits per heavy atom. The normalized spacial score (nSPS) is 24.7. The van der Waals surface area contributed by atoms with Crippen LogP contribution in [0.15, 0.2) is 0 Å². The molecule has 3 heteroatoms. The van der Waals surface area contributed by atoms with Crippen LogP contribution in [0.5, 0.6) is 0 Å². The zero-order valence-corrected chi connectivity index (χ0v) is 7.88. The molecule has 0 aromatic heterocycles. The first-order chi connectivity index (χ1) is 5.72. The molecule has 1 unspecified atom stereocenters. The number of rotatable bonds is 3. The Labute approximate surface area is 74.4 Å². The summed E-state index contributed by atoms with van der Waals surface area (Å²) in [5.74, 6) is 0. The first-order valence-corrected chi connectivity index (χ1v) is 4.57. The zero-order valence-electron chi connectivity index (χ0n) is 7.88. The number of nitriles is 1. The second-order valence-electron chi connectivity index (χ2n) is 3.70. The number of hydrogen-bond acceptors (Lipinski definition) is 3. The Morgan fingerprint density at radius 2 is 2.42 bits per heavy atom. The maximum absolute atomic E-state index is 8.48. The van der Waals surface area contributed by atoms with Crippen molar-refractivity contribution in [3.05, 3.63) is 0 Å². The molecule has 12 heavy (non-hydrogen) atoms. The fraction of sp³-hybridized carbons (Fsp3) is 0.889. The van der Waals surface area contributed by atoms with Crippen LogP contribution in [-0.4, -0.2) is 36.6 Å². The Bertz CT molecular complexity index is 171. The molecule has 0 radical (unpaired) electrons. The number of nitrogens with zero attached hydrogens (tertiary/aromatic N) is 2. The molecule has 1 heterocycles. The highest BCUT2D eigenvalue weighted by atomic mass is 15.2. The third-order valence-electron chi connectivity index (χ3n) is 2.14. The molecule has 1 saturated heterocycles. The van der Waals surface area contributed by atoms with Crippen molar-refractivity contribution in [1.29, 1.82) is 5.26 Å². The van der Waals surface area contributed by atoms with Crippen LogP contribution in [0.4, 0.5) is 0 Å². The summed E-state index contributed by atoms with van der Waals surface area (Å²) < 4.78 is 0. The smallest absolute Gasteiger partial charge is 0.0866 e. The van der Waals surface area contributed by atoms with Crippen molar-refractivity contribution >= 4 is 0 Å². The van der Waals surface area contributed by atoms with Crippen LogP contribution in [0.3, 0.4) is 0 Å². The Hall–Kier alpha value is -0.590. The van der Waals surface area contributed by atoms with Gasteiger partial charge in [0.05, 0.1) is 12.6 Å². The van der Waals surface area contributed by atoms with Gasteiger partial charge in [-0.15, -0.1) is 0 Å². The highest BCUT2D eigenvalue weighted by Gasteiger charge is 2.21. The van der Waals surface area contributed by atoms with E-state index < -0.39 is 0 Å². The molecule has 1 N–H and O–H groups in total. The van der Waals surface area contributed by atoms with Gasteiger partial charge in [0.1, 0.15) is 0 Å². The standard InChI is InChI=1S/C9H17N3/c1-8(2)11-9-3-5-12(7-9)6-4-10/h8-9,11H,3,5-7H2,1-2H3. The van der Waals surface area contributed by atoms with Gasteiger partial charge in [-0.2, -0.15) is 5.26 Å². The lowest BCUT2D eigenvalue weighted by Gasteiger charge is -2.16. The van der Waals surface area contributed by atoms with Crippen molar-refractivity contribution in [3.63, 3.8) is 0 Å². The molecule has 0 saturated carbocycles. The van der Waals surface area contributed by atoms with E-state index in [-0.39, 0.29) is 0 Å². The first kappa shape index (κ1) is 9.50. The van der Waals surface area contributed by atoms with Crippen molar-refractivity contribution in [2.45, 2.75) is 32.4 Å². The molecule has 68 valence electrons. The van der Waals surface area contributed by atoms with Gasteiger partial charge in [0.15, 0.2) is 0 Å². The largest absolute Gasteiger partial charge is 0.310 e. The van der Waals surface area contributed by atoms with E-state index in [2.05, 4.69) is 30.1 Å². The summed E-state index contributed by atoms with van der Waals surface area (Å²) in [6.45, 7) is 7.00. The summed E-state index contributed by atoms with van der Waals surface area (Å²) in [6.07, 6.45) is 1.18. The van der Waals surface area contributed by atoms with Gasteiger partial charge in [-0.1, -0.05) is 13.8 Å². The van der Waals surface area contributed by atoms with Crippen molar-refractivity contribution < 1.29 is 0 Å². The Balaban J connectivity index is 2.22. The lowest BCUT2D eigenvalue weighted by atomic mass is 10.2. The van der Waals surface area contributed by atoms with Gasteiger partial charge in [-0.05, 0) is 6.42 Å². The second kappa shape index (κ2) is 4.44. The van der Waals surface area contributed by atoms with Crippen LogP contribution >= 0.6 is 0 Å². The predicted molar refractivity (Wildman–Crippen MR) is 48.7 cm³/mol. The van der Waals surface area contributed by atoms with E-state index in [4.69, 9.17) is 5.26 Å². The third kappa shape index (κ3) is 2.80. The van der Waals surface area contributed by atoms with E-state index in [9.17, 15) is 0 Å². The van der Waals surface area contributed by atoms with E-state index in [1.807, 2.05) is 0 Å². The van der Waals surface area contributed by atoms with E-state index >= 15 is 0 Å². The summed E-state index contributed by atoms with van der Waals surface area (Å²) in [4.78, 5) is 2.19.